The Morgan fingerprint density at radius 1 is 1.15 bits per heavy atom. The zero-order valence-electron chi connectivity index (χ0n) is 17.8. The number of ether oxygens (including phenoxy) is 1. The summed E-state index contributed by atoms with van der Waals surface area (Å²) in [6.45, 7) is 0.151. The minimum Gasteiger partial charge on any atom is -0.456 e. The third kappa shape index (κ3) is 5.62. The van der Waals surface area contributed by atoms with E-state index in [1.165, 1.54) is 18.3 Å². The number of carbonyl (C=O) groups excluding carboxylic acids is 3. The van der Waals surface area contributed by atoms with Gasteiger partial charge in [0.15, 0.2) is 18.3 Å². The van der Waals surface area contributed by atoms with Gasteiger partial charge in [0, 0.05) is 24.9 Å². The molecule has 8 nitrogen and oxygen atoms in total. The van der Waals surface area contributed by atoms with E-state index in [0.717, 1.165) is 6.42 Å². The molecule has 1 saturated heterocycles. The third-order valence-electron chi connectivity index (χ3n) is 5.13. The van der Waals surface area contributed by atoms with Crippen LogP contribution < -0.4 is 10.2 Å². The van der Waals surface area contributed by atoms with Gasteiger partial charge in [-0.2, -0.15) is 0 Å². The molecular formula is C24H22FN3O5. The summed E-state index contributed by atoms with van der Waals surface area (Å²) in [7, 11) is 0. The normalized spacial score (nSPS) is 13.2. The van der Waals surface area contributed by atoms with Crippen LogP contribution >= 0.6 is 0 Å². The fourth-order valence-electron chi connectivity index (χ4n) is 3.50. The summed E-state index contributed by atoms with van der Waals surface area (Å²) < 4.78 is 23.7. The van der Waals surface area contributed by atoms with Crippen molar-refractivity contribution in [1.29, 1.82) is 0 Å². The van der Waals surface area contributed by atoms with Crippen molar-refractivity contribution in [3.63, 3.8) is 0 Å². The van der Waals surface area contributed by atoms with E-state index in [0.29, 0.717) is 41.6 Å². The van der Waals surface area contributed by atoms with E-state index in [-0.39, 0.29) is 24.6 Å². The number of benzene rings is 2. The standard InChI is InChI=1S/C24H22FN3O5/c25-17-9-7-16(8-10-17)20-14-26-22(33-20)11-12-24(31)32-15-21(29)27-18-4-1-2-5-19(18)28-13-3-6-23(28)30/h1-2,4-5,7-10,14H,3,6,11-13,15H2,(H,27,29). The molecule has 1 aliphatic rings. The van der Waals surface area contributed by atoms with E-state index in [4.69, 9.17) is 9.15 Å². The molecule has 0 unspecified atom stereocenters. The maximum atomic E-state index is 13.0. The highest BCUT2D eigenvalue weighted by atomic mass is 19.1. The van der Waals surface area contributed by atoms with Gasteiger partial charge in [-0.1, -0.05) is 12.1 Å². The van der Waals surface area contributed by atoms with E-state index >= 15 is 0 Å². The molecule has 4 rings (SSSR count). The third-order valence-corrected chi connectivity index (χ3v) is 5.13. The average molecular weight is 451 g/mol. The second-order valence-corrected chi connectivity index (χ2v) is 7.50. The second-order valence-electron chi connectivity index (χ2n) is 7.50. The van der Waals surface area contributed by atoms with Crippen molar-refractivity contribution in [3.05, 3.63) is 66.4 Å². The highest BCUT2D eigenvalue weighted by molar-refractivity contribution is 6.02. The lowest BCUT2D eigenvalue weighted by Gasteiger charge is -2.19. The number of nitrogens with one attached hydrogen (secondary N) is 1. The highest BCUT2D eigenvalue weighted by Crippen LogP contribution is 2.29. The Hall–Kier alpha value is -4.01. The molecule has 0 radical (unpaired) electrons. The Kier molecular flexibility index (Phi) is 6.77. The van der Waals surface area contributed by atoms with E-state index in [1.807, 2.05) is 0 Å². The number of para-hydroxylation sites is 2. The van der Waals surface area contributed by atoms with E-state index in [2.05, 4.69) is 10.3 Å². The predicted molar refractivity (Wildman–Crippen MR) is 118 cm³/mol. The lowest BCUT2D eigenvalue weighted by molar-refractivity contribution is -0.147. The summed E-state index contributed by atoms with van der Waals surface area (Å²) >= 11 is 0. The molecule has 2 heterocycles. The fourth-order valence-corrected chi connectivity index (χ4v) is 3.50. The quantitative estimate of drug-likeness (QED) is 0.524. The van der Waals surface area contributed by atoms with Gasteiger partial charge in [-0.25, -0.2) is 9.37 Å². The Labute approximate surface area is 189 Å². The van der Waals surface area contributed by atoms with Crippen molar-refractivity contribution < 1.29 is 27.9 Å². The molecule has 9 heteroatoms. The van der Waals surface area contributed by atoms with Crippen LogP contribution in [0.25, 0.3) is 11.3 Å². The van der Waals surface area contributed by atoms with Gasteiger partial charge in [0.25, 0.3) is 5.91 Å². The number of rotatable bonds is 8. The minimum atomic E-state index is -0.574. The van der Waals surface area contributed by atoms with Crippen LogP contribution in [0.2, 0.25) is 0 Å². The molecule has 1 fully saturated rings. The van der Waals surface area contributed by atoms with Gasteiger partial charge in [0.05, 0.1) is 24.0 Å². The molecule has 0 bridgehead atoms. The Morgan fingerprint density at radius 2 is 1.94 bits per heavy atom. The van der Waals surface area contributed by atoms with Crippen molar-refractivity contribution in [3.8, 4) is 11.3 Å². The molecular weight excluding hydrogens is 429 g/mol. The number of esters is 1. The molecule has 0 spiro atoms. The Morgan fingerprint density at radius 3 is 2.70 bits per heavy atom. The van der Waals surface area contributed by atoms with Crippen LogP contribution in [0.1, 0.15) is 25.2 Å². The summed E-state index contributed by atoms with van der Waals surface area (Å²) in [6, 6.07) is 12.8. The molecule has 3 aromatic rings. The topological polar surface area (TPSA) is 102 Å². The first-order valence-corrected chi connectivity index (χ1v) is 10.5. The first-order chi connectivity index (χ1) is 16.0. The first-order valence-electron chi connectivity index (χ1n) is 10.5. The molecule has 1 aromatic heterocycles. The van der Waals surface area contributed by atoms with Gasteiger partial charge in [-0.05, 0) is 42.8 Å². The largest absolute Gasteiger partial charge is 0.456 e. The molecule has 1 aliphatic heterocycles. The number of nitrogens with zero attached hydrogens (tertiary/aromatic N) is 2. The van der Waals surface area contributed by atoms with E-state index < -0.39 is 18.5 Å². The van der Waals surface area contributed by atoms with Crippen molar-refractivity contribution in [1.82, 2.24) is 4.98 Å². The molecule has 2 aromatic carbocycles. The zero-order valence-corrected chi connectivity index (χ0v) is 17.8. The maximum Gasteiger partial charge on any atom is 0.306 e. The monoisotopic (exact) mass is 451 g/mol. The number of carbonyl (C=O) groups is 3. The number of hydrogen-bond donors (Lipinski definition) is 1. The number of aryl methyl sites for hydroxylation is 1. The Balaban J connectivity index is 1.25. The summed E-state index contributed by atoms with van der Waals surface area (Å²) in [5.74, 6) is -0.616. The summed E-state index contributed by atoms with van der Waals surface area (Å²) in [4.78, 5) is 42.1. The van der Waals surface area contributed by atoms with Gasteiger partial charge in [-0.15, -0.1) is 0 Å². The van der Waals surface area contributed by atoms with Gasteiger partial charge in [0.2, 0.25) is 5.91 Å². The van der Waals surface area contributed by atoms with E-state index in [9.17, 15) is 18.8 Å². The lowest BCUT2D eigenvalue weighted by Crippen LogP contribution is -2.27. The SMILES string of the molecule is O=C(COC(=O)CCc1ncc(-c2ccc(F)cc2)o1)Nc1ccccc1N1CCCC1=O. The maximum absolute atomic E-state index is 13.0. The molecule has 1 N–H and O–H groups in total. The smallest absolute Gasteiger partial charge is 0.306 e. The number of oxazole rings is 1. The van der Waals surface area contributed by atoms with Gasteiger partial charge in [0.1, 0.15) is 5.82 Å². The summed E-state index contributed by atoms with van der Waals surface area (Å²) in [6.07, 6.45) is 2.94. The highest BCUT2D eigenvalue weighted by Gasteiger charge is 2.24. The number of hydrogen-bond acceptors (Lipinski definition) is 6. The van der Waals surface area contributed by atoms with E-state index in [1.54, 1.807) is 41.3 Å². The average Bonchev–Trinajstić information content (AvgIpc) is 3.46. The van der Waals surface area contributed by atoms with Crippen LogP contribution in [0.3, 0.4) is 0 Å². The van der Waals surface area contributed by atoms with Crippen LogP contribution in [0, 0.1) is 5.82 Å². The molecule has 0 atom stereocenters. The molecule has 2 amide bonds. The van der Waals surface area contributed by atoms with Crippen LogP contribution in [-0.2, 0) is 25.5 Å². The number of amides is 2. The predicted octanol–water partition coefficient (Wildman–Crippen LogP) is 3.72. The number of halogens is 1. The molecule has 170 valence electrons. The Bertz CT molecular complexity index is 1160. The van der Waals surface area contributed by atoms with Crippen LogP contribution in [0.4, 0.5) is 15.8 Å². The van der Waals surface area contributed by atoms with Gasteiger partial charge in [-0.3, -0.25) is 14.4 Å². The summed E-state index contributed by atoms with van der Waals surface area (Å²) in [5.41, 5.74) is 1.78. The number of aromatic nitrogens is 1. The minimum absolute atomic E-state index is 0.0113. The molecule has 0 aliphatic carbocycles. The lowest BCUT2D eigenvalue weighted by atomic mass is 10.2. The van der Waals surface area contributed by atoms with Gasteiger partial charge >= 0.3 is 5.97 Å². The van der Waals surface area contributed by atoms with Crippen LogP contribution in [0.15, 0.2) is 59.1 Å². The first kappa shape index (κ1) is 22.2. The van der Waals surface area contributed by atoms with Crippen molar-refractivity contribution in [2.24, 2.45) is 0 Å². The molecule has 0 saturated carbocycles. The summed E-state index contributed by atoms with van der Waals surface area (Å²) in [5, 5.41) is 2.69. The van der Waals surface area contributed by atoms with Gasteiger partial charge < -0.3 is 19.4 Å². The fraction of sp³-hybridized carbons (Fsp3) is 0.250. The zero-order chi connectivity index (χ0) is 23.2. The molecule has 33 heavy (non-hydrogen) atoms. The van der Waals surface area contributed by atoms with Crippen molar-refractivity contribution in [2.75, 3.05) is 23.4 Å². The van der Waals surface area contributed by atoms with Crippen LogP contribution in [0.5, 0.6) is 0 Å². The van der Waals surface area contributed by atoms with Crippen molar-refractivity contribution in [2.45, 2.75) is 25.7 Å². The number of anilines is 2. The van der Waals surface area contributed by atoms with Crippen LogP contribution in [-0.4, -0.2) is 35.9 Å². The second kappa shape index (κ2) is 10.1. The van der Waals surface area contributed by atoms with Crippen molar-refractivity contribution >= 4 is 29.2 Å².